The van der Waals surface area contributed by atoms with E-state index >= 15 is 0 Å². The zero-order chi connectivity index (χ0) is 14.5. The van der Waals surface area contributed by atoms with E-state index in [-0.39, 0.29) is 5.69 Å². The quantitative estimate of drug-likeness (QED) is 0.617. The van der Waals surface area contributed by atoms with Crippen molar-refractivity contribution < 1.29 is 4.92 Å². The van der Waals surface area contributed by atoms with Crippen molar-refractivity contribution in [1.29, 1.82) is 0 Å². The lowest BCUT2D eigenvalue weighted by Crippen LogP contribution is -2.08. The van der Waals surface area contributed by atoms with Gasteiger partial charge in [-0.15, -0.1) is 10.2 Å². The SMILES string of the molecule is CCn1cnnc1CNc1cc(NC)cc([N+](=O)[O-])c1. The maximum absolute atomic E-state index is 10.9. The zero-order valence-corrected chi connectivity index (χ0v) is 11.3. The van der Waals surface area contributed by atoms with Crippen LogP contribution in [0.5, 0.6) is 0 Å². The number of nitro benzene ring substituents is 1. The van der Waals surface area contributed by atoms with Gasteiger partial charge in [0.15, 0.2) is 5.82 Å². The van der Waals surface area contributed by atoms with Gasteiger partial charge in [0, 0.05) is 37.1 Å². The molecule has 0 bridgehead atoms. The Balaban J connectivity index is 2.16. The van der Waals surface area contributed by atoms with Crippen LogP contribution < -0.4 is 10.6 Å². The molecule has 0 aliphatic heterocycles. The Morgan fingerprint density at radius 2 is 2.10 bits per heavy atom. The van der Waals surface area contributed by atoms with E-state index in [1.807, 2.05) is 11.5 Å². The topological polar surface area (TPSA) is 97.9 Å². The van der Waals surface area contributed by atoms with Crippen LogP contribution in [-0.2, 0) is 13.1 Å². The number of aryl methyl sites for hydroxylation is 1. The average Bonchev–Trinajstić information content (AvgIpc) is 2.92. The molecule has 2 rings (SSSR count). The molecule has 106 valence electrons. The van der Waals surface area contributed by atoms with Gasteiger partial charge in [0.1, 0.15) is 6.33 Å². The Bertz CT molecular complexity index is 610. The minimum Gasteiger partial charge on any atom is -0.388 e. The normalized spacial score (nSPS) is 10.3. The van der Waals surface area contributed by atoms with Gasteiger partial charge in [0.25, 0.3) is 5.69 Å². The van der Waals surface area contributed by atoms with Crippen molar-refractivity contribution in [3.8, 4) is 0 Å². The Kier molecular flexibility index (Phi) is 4.14. The number of benzene rings is 1. The number of rotatable bonds is 6. The number of nitro groups is 1. The molecule has 0 atom stereocenters. The van der Waals surface area contributed by atoms with Gasteiger partial charge in [-0.05, 0) is 13.0 Å². The highest BCUT2D eigenvalue weighted by atomic mass is 16.6. The summed E-state index contributed by atoms with van der Waals surface area (Å²) in [5, 5.41) is 24.7. The van der Waals surface area contributed by atoms with Crippen LogP contribution in [0.3, 0.4) is 0 Å². The Labute approximate surface area is 116 Å². The lowest BCUT2D eigenvalue weighted by atomic mass is 10.2. The van der Waals surface area contributed by atoms with E-state index in [0.717, 1.165) is 12.4 Å². The molecule has 1 aromatic carbocycles. The summed E-state index contributed by atoms with van der Waals surface area (Å²) in [7, 11) is 1.72. The summed E-state index contributed by atoms with van der Waals surface area (Å²) in [4.78, 5) is 10.5. The van der Waals surface area contributed by atoms with Crippen LogP contribution in [0.2, 0.25) is 0 Å². The highest BCUT2D eigenvalue weighted by Crippen LogP contribution is 2.24. The third-order valence-electron chi connectivity index (χ3n) is 2.90. The second-order valence-corrected chi connectivity index (χ2v) is 4.16. The largest absolute Gasteiger partial charge is 0.388 e. The molecule has 0 fully saturated rings. The highest BCUT2D eigenvalue weighted by Gasteiger charge is 2.10. The molecule has 20 heavy (non-hydrogen) atoms. The van der Waals surface area contributed by atoms with E-state index in [1.54, 1.807) is 19.4 Å². The average molecular weight is 276 g/mol. The molecule has 0 saturated heterocycles. The first-order valence-corrected chi connectivity index (χ1v) is 6.21. The molecule has 2 aromatic rings. The molecule has 1 heterocycles. The summed E-state index contributed by atoms with van der Waals surface area (Å²) in [5.74, 6) is 0.782. The third kappa shape index (κ3) is 3.02. The van der Waals surface area contributed by atoms with E-state index in [9.17, 15) is 10.1 Å². The fourth-order valence-electron chi connectivity index (χ4n) is 1.82. The number of non-ortho nitro benzene ring substituents is 1. The smallest absolute Gasteiger partial charge is 0.273 e. The molecule has 0 radical (unpaired) electrons. The molecule has 2 N–H and O–H groups in total. The van der Waals surface area contributed by atoms with E-state index in [4.69, 9.17) is 0 Å². The monoisotopic (exact) mass is 276 g/mol. The van der Waals surface area contributed by atoms with Crippen LogP contribution in [0, 0.1) is 10.1 Å². The van der Waals surface area contributed by atoms with Crippen LogP contribution in [0.1, 0.15) is 12.7 Å². The zero-order valence-electron chi connectivity index (χ0n) is 11.3. The number of nitrogens with zero attached hydrogens (tertiary/aromatic N) is 4. The van der Waals surface area contributed by atoms with E-state index in [1.165, 1.54) is 12.1 Å². The van der Waals surface area contributed by atoms with Crippen LogP contribution >= 0.6 is 0 Å². The van der Waals surface area contributed by atoms with Gasteiger partial charge in [0.05, 0.1) is 11.5 Å². The third-order valence-corrected chi connectivity index (χ3v) is 2.90. The van der Waals surface area contributed by atoms with E-state index in [2.05, 4.69) is 20.8 Å². The van der Waals surface area contributed by atoms with Crippen molar-refractivity contribution in [2.45, 2.75) is 20.0 Å². The molecule has 0 aliphatic carbocycles. The Morgan fingerprint density at radius 3 is 2.75 bits per heavy atom. The van der Waals surface area contributed by atoms with Gasteiger partial charge in [0.2, 0.25) is 0 Å². The molecule has 8 heteroatoms. The molecular weight excluding hydrogens is 260 g/mol. The summed E-state index contributed by atoms with van der Waals surface area (Å²) in [6, 6.07) is 4.78. The van der Waals surface area contributed by atoms with Gasteiger partial charge in [-0.2, -0.15) is 0 Å². The second kappa shape index (κ2) is 6.00. The van der Waals surface area contributed by atoms with Gasteiger partial charge in [-0.3, -0.25) is 10.1 Å². The van der Waals surface area contributed by atoms with Crippen molar-refractivity contribution in [3.63, 3.8) is 0 Å². The minimum absolute atomic E-state index is 0.0382. The minimum atomic E-state index is -0.416. The van der Waals surface area contributed by atoms with Crippen LogP contribution in [0.4, 0.5) is 17.1 Å². The highest BCUT2D eigenvalue weighted by molar-refractivity contribution is 5.63. The van der Waals surface area contributed by atoms with Gasteiger partial charge >= 0.3 is 0 Å². The number of hydrogen-bond acceptors (Lipinski definition) is 6. The molecule has 1 aromatic heterocycles. The van der Waals surface area contributed by atoms with E-state index in [0.29, 0.717) is 17.9 Å². The lowest BCUT2D eigenvalue weighted by Gasteiger charge is -2.09. The molecular formula is C12H16N6O2. The summed E-state index contributed by atoms with van der Waals surface area (Å²) < 4.78 is 1.91. The molecule has 0 unspecified atom stereocenters. The molecule has 8 nitrogen and oxygen atoms in total. The predicted octanol–water partition coefficient (Wildman–Crippen LogP) is 1.86. The standard InChI is InChI=1S/C12H16N6O2/c1-3-17-8-15-16-12(17)7-14-10-4-9(13-2)5-11(6-10)18(19)20/h4-6,8,13-14H,3,7H2,1-2H3. The van der Waals surface area contributed by atoms with Gasteiger partial charge in [-0.1, -0.05) is 0 Å². The number of aromatic nitrogens is 3. The Morgan fingerprint density at radius 1 is 1.35 bits per heavy atom. The number of nitrogens with one attached hydrogen (secondary N) is 2. The summed E-state index contributed by atoms with van der Waals surface area (Å²) in [6.45, 7) is 3.23. The predicted molar refractivity (Wildman–Crippen MR) is 75.7 cm³/mol. The van der Waals surface area contributed by atoms with Crippen molar-refractivity contribution in [2.75, 3.05) is 17.7 Å². The second-order valence-electron chi connectivity index (χ2n) is 4.16. The maximum Gasteiger partial charge on any atom is 0.273 e. The van der Waals surface area contributed by atoms with Crippen molar-refractivity contribution >= 4 is 17.1 Å². The first-order chi connectivity index (χ1) is 9.63. The van der Waals surface area contributed by atoms with Gasteiger partial charge < -0.3 is 15.2 Å². The van der Waals surface area contributed by atoms with Crippen molar-refractivity contribution in [3.05, 3.63) is 40.5 Å². The first-order valence-electron chi connectivity index (χ1n) is 6.21. The molecule has 0 saturated carbocycles. The molecule has 0 spiro atoms. The lowest BCUT2D eigenvalue weighted by molar-refractivity contribution is -0.384. The molecule has 0 amide bonds. The maximum atomic E-state index is 10.9. The van der Waals surface area contributed by atoms with Crippen LogP contribution in [0.15, 0.2) is 24.5 Å². The summed E-state index contributed by atoms with van der Waals surface area (Å²) >= 11 is 0. The van der Waals surface area contributed by atoms with Gasteiger partial charge in [-0.25, -0.2) is 0 Å². The van der Waals surface area contributed by atoms with E-state index < -0.39 is 4.92 Å². The Hall–Kier alpha value is -2.64. The number of hydrogen-bond donors (Lipinski definition) is 2. The number of anilines is 2. The molecule has 0 aliphatic rings. The summed E-state index contributed by atoms with van der Waals surface area (Å²) in [6.07, 6.45) is 1.66. The fourth-order valence-corrected chi connectivity index (χ4v) is 1.82. The van der Waals surface area contributed by atoms with Crippen LogP contribution in [-0.4, -0.2) is 26.7 Å². The summed E-state index contributed by atoms with van der Waals surface area (Å²) in [5.41, 5.74) is 1.38. The van der Waals surface area contributed by atoms with Crippen molar-refractivity contribution in [1.82, 2.24) is 14.8 Å². The fraction of sp³-hybridized carbons (Fsp3) is 0.333. The van der Waals surface area contributed by atoms with Crippen molar-refractivity contribution in [2.24, 2.45) is 0 Å². The first kappa shape index (κ1) is 13.8. The van der Waals surface area contributed by atoms with Crippen LogP contribution in [0.25, 0.3) is 0 Å².